The summed E-state index contributed by atoms with van der Waals surface area (Å²) in [5.41, 5.74) is 8.20. The molecule has 0 aromatic heterocycles. The molecule has 1 heterocycles. The van der Waals surface area contributed by atoms with Crippen molar-refractivity contribution in [3.63, 3.8) is 0 Å². The summed E-state index contributed by atoms with van der Waals surface area (Å²) in [5, 5.41) is 0. The van der Waals surface area contributed by atoms with Crippen molar-refractivity contribution in [3.8, 4) is 23.0 Å². The fraction of sp³-hybridized carbons (Fsp3) is 0.286. The summed E-state index contributed by atoms with van der Waals surface area (Å²) in [7, 11) is 1.56. The van der Waals surface area contributed by atoms with E-state index in [9.17, 15) is 4.79 Å². The zero-order chi connectivity index (χ0) is 19.4. The number of carbonyl (C=O) groups excluding carboxylic acids is 1. The van der Waals surface area contributed by atoms with Gasteiger partial charge in [-0.25, -0.2) is 0 Å². The van der Waals surface area contributed by atoms with Crippen LogP contribution < -0.4 is 24.7 Å². The number of hydrogen-bond donors (Lipinski definition) is 1. The average Bonchev–Trinajstić information content (AvgIpc) is 2.68. The van der Waals surface area contributed by atoms with Gasteiger partial charge in [-0.1, -0.05) is 0 Å². The monoisotopic (exact) mass is 369 g/mol. The highest BCUT2D eigenvalue weighted by molar-refractivity contribution is 6.11. The summed E-state index contributed by atoms with van der Waals surface area (Å²) in [5.74, 6) is 2.19. The Hall–Kier alpha value is -3.15. The maximum atomic E-state index is 12.8. The largest absolute Gasteiger partial charge is 0.492 e. The highest BCUT2D eigenvalue weighted by atomic mass is 16.6. The van der Waals surface area contributed by atoms with Gasteiger partial charge >= 0.3 is 0 Å². The normalized spacial score (nSPS) is 13.2. The fourth-order valence-corrected chi connectivity index (χ4v) is 2.93. The molecule has 0 fully saturated rings. The number of carbonyl (C=O) groups is 1. The van der Waals surface area contributed by atoms with Crippen LogP contribution in [-0.2, 0) is 0 Å². The minimum absolute atomic E-state index is 0.123. The van der Waals surface area contributed by atoms with Crippen molar-refractivity contribution >= 4 is 17.5 Å². The Morgan fingerprint density at radius 2 is 2.00 bits per heavy atom. The van der Waals surface area contributed by atoms with Gasteiger partial charge in [-0.2, -0.15) is 0 Å². The van der Waals surface area contributed by atoms with Crippen molar-refractivity contribution in [2.45, 2.75) is 13.8 Å². The lowest BCUT2D eigenvalue weighted by Gasteiger charge is -2.21. The molecule has 3 rings (SSSR count). The van der Waals surface area contributed by atoms with Gasteiger partial charge in [0.25, 0.3) is 0 Å². The predicted octanol–water partition coefficient (Wildman–Crippen LogP) is 3.73. The molecular formula is C21H23NO5. The molecule has 0 unspecified atom stereocenters. The number of benzene rings is 2. The van der Waals surface area contributed by atoms with E-state index in [2.05, 4.69) is 0 Å². The summed E-state index contributed by atoms with van der Waals surface area (Å²) in [6.45, 7) is 5.11. The Morgan fingerprint density at radius 1 is 1.22 bits per heavy atom. The molecule has 6 nitrogen and oxygen atoms in total. The van der Waals surface area contributed by atoms with Gasteiger partial charge in [0, 0.05) is 11.1 Å². The molecular weight excluding hydrogens is 346 g/mol. The zero-order valence-electron chi connectivity index (χ0n) is 15.7. The molecule has 0 bridgehead atoms. The van der Waals surface area contributed by atoms with E-state index in [4.69, 9.17) is 24.7 Å². The third-order valence-electron chi connectivity index (χ3n) is 4.20. The van der Waals surface area contributed by atoms with E-state index < -0.39 is 0 Å². The van der Waals surface area contributed by atoms with Gasteiger partial charge in [-0.15, -0.1) is 0 Å². The minimum atomic E-state index is -0.123. The van der Waals surface area contributed by atoms with Crippen LogP contribution in [0, 0.1) is 0 Å². The van der Waals surface area contributed by atoms with E-state index in [1.807, 2.05) is 19.1 Å². The molecule has 0 aliphatic carbocycles. The van der Waals surface area contributed by atoms with Gasteiger partial charge in [0.05, 0.1) is 19.4 Å². The van der Waals surface area contributed by atoms with Gasteiger partial charge in [0.2, 0.25) is 5.75 Å². The molecule has 0 amide bonds. The summed E-state index contributed by atoms with van der Waals surface area (Å²) in [4.78, 5) is 12.8. The predicted molar refractivity (Wildman–Crippen MR) is 104 cm³/mol. The quantitative estimate of drug-likeness (QED) is 0.475. The van der Waals surface area contributed by atoms with E-state index in [1.54, 1.807) is 38.3 Å². The lowest BCUT2D eigenvalue weighted by atomic mass is 10.0. The number of Topliss-reactive ketones (excluding diaryl/α,β-unsaturated/α-hetero) is 1. The molecule has 2 aromatic rings. The highest BCUT2D eigenvalue weighted by Crippen LogP contribution is 2.42. The van der Waals surface area contributed by atoms with Crippen molar-refractivity contribution in [1.82, 2.24) is 0 Å². The van der Waals surface area contributed by atoms with E-state index >= 15 is 0 Å². The first-order valence-electron chi connectivity index (χ1n) is 8.77. The molecule has 0 spiro atoms. The highest BCUT2D eigenvalue weighted by Gasteiger charge is 2.20. The number of anilines is 1. The standard InChI is InChI=1S/C21H23NO5/c1-4-25-17-7-5-14(12-16(17)22)19(23)13(2)11-15-6-8-18-21(20(15)24-3)27-10-9-26-18/h5-8,11-12H,4,9-10,22H2,1-3H3/b13-11+. The van der Waals surface area contributed by atoms with Crippen LogP contribution in [-0.4, -0.2) is 32.7 Å². The number of nitrogens with two attached hydrogens (primary N) is 1. The molecule has 0 saturated carbocycles. The van der Waals surface area contributed by atoms with Crippen molar-refractivity contribution in [2.24, 2.45) is 0 Å². The molecule has 142 valence electrons. The molecule has 0 atom stereocenters. The molecule has 0 saturated heterocycles. The smallest absolute Gasteiger partial charge is 0.204 e. The molecule has 1 aliphatic heterocycles. The number of nitrogen functional groups attached to an aromatic ring is 1. The van der Waals surface area contributed by atoms with E-state index in [1.165, 1.54) is 0 Å². The Kier molecular flexibility index (Phi) is 5.54. The fourth-order valence-electron chi connectivity index (χ4n) is 2.93. The summed E-state index contributed by atoms with van der Waals surface area (Å²) < 4.78 is 22.2. The van der Waals surface area contributed by atoms with Crippen LogP contribution in [0.25, 0.3) is 6.08 Å². The van der Waals surface area contributed by atoms with Crippen LogP contribution in [0.15, 0.2) is 35.9 Å². The van der Waals surface area contributed by atoms with E-state index in [0.29, 0.717) is 59.6 Å². The molecule has 27 heavy (non-hydrogen) atoms. The Bertz CT molecular complexity index is 888. The molecule has 6 heteroatoms. The van der Waals surface area contributed by atoms with Gasteiger partial charge in [0.15, 0.2) is 17.3 Å². The van der Waals surface area contributed by atoms with Crippen LogP contribution in [0.5, 0.6) is 23.0 Å². The lowest BCUT2D eigenvalue weighted by Crippen LogP contribution is -2.16. The first-order chi connectivity index (χ1) is 13.0. The number of hydrogen-bond acceptors (Lipinski definition) is 6. The molecule has 2 N–H and O–H groups in total. The first-order valence-corrected chi connectivity index (χ1v) is 8.77. The Balaban J connectivity index is 1.91. The lowest BCUT2D eigenvalue weighted by molar-refractivity contribution is 0.103. The number of ketones is 1. The van der Waals surface area contributed by atoms with Crippen molar-refractivity contribution in [1.29, 1.82) is 0 Å². The van der Waals surface area contributed by atoms with Crippen molar-refractivity contribution in [2.75, 3.05) is 32.7 Å². The number of fused-ring (bicyclic) bond motifs is 1. The van der Waals surface area contributed by atoms with Crippen LogP contribution in [0.3, 0.4) is 0 Å². The number of methoxy groups -OCH3 is 1. The third-order valence-corrected chi connectivity index (χ3v) is 4.20. The Labute approximate surface area is 158 Å². The minimum Gasteiger partial charge on any atom is -0.492 e. The average molecular weight is 369 g/mol. The molecule has 2 aromatic carbocycles. The van der Waals surface area contributed by atoms with Crippen LogP contribution in [0.1, 0.15) is 29.8 Å². The molecule has 1 aliphatic rings. The van der Waals surface area contributed by atoms with Crippen LogP contribution in [0.4, 0.5) is 5.69 Å². The summed E-state index contributed by atoms with van der Waals surface area (Å²) in [6.07, 6.45) is 1.77. The van der Waals surface area contributed by atoms with Gasteiger partial charge in [0.1, 0.15) is 19.0 Å². The second kappa shape index (κ2) is 8.03. The van der Waals surface area contributed by atoms with Gasteiger partial charge in [-0.3, -0.25) is 4.79 Å². The van der Waals surface area contributed by atoms with E-state index in [-0.39, 0.29) is 5.78 Å². The molecule has 0 radical (unpaired) electrons. The van der Waals surface area contributed by atoms with Crippen LogP contribution >= 0.6 is 0 Å². The van der Waals surface area contributed by atoms with Crippen LogP contribution in [0.2, 0.25) is 0 Å². The first kappa shape index (κ1) is 18.6. The summed E-state index contributed by atoms with van der Waals surface area (Å²) in [6, 6.07) is 8.71. The topological polar surface area (TPSA) is 80.0 Å². The number of ether oxygens (including phenoxy) is 4. The third kappa shape index (κ3) is 3.84. The van der Waals surface area contributed by atoms with Crippen molar-refractivity contribution < 1.29 is 23.7 Å². The zero-order valence-corrected chi connectivity index (χ0v) is 15.7. The maximum Gasteiger partial charge on any atom is 0.204 e. The van der Waals surface area contributed by atoms with E-state index in [0.717, 1.165) is 5.56 Å². The van der Waals surface area contributed by atoms with Gasteiger partial charge < -0.3 is 24.7 Å². The second-order valence-corrected chi connectivity index (χ2v) is 6.05. The second-order valence-electron chi connectivity index (χ2n) is 6.05. The van der Waals surface area contributed by atoms with Gasteiger partial charge in [-0.05, 0) is 55.8 Å². The Morgan fingerprint density at radius 3 is 2.70 bits per heavy atom. The maximum absolute atomic E-state index is 12.8. The number of rotatable bonds is 6. The number of allylic oxidation sites excluding steroid dienone is 1. The van der Waals surface area contributed by atoms with Crippen molar-refractivity contribution in [3.05, 3.63) is 47.0 Å². The summed E-state index contributed by atoms with van der Waals surface area (Å²) >= 11 is 0. The SMILES string of the molecule is CCOc1ccc(C(=O)/C(C)=C/c2ccc3c(c2OC)OCCO3)cc1N.